The Balaban J connectivity index is 3.54. The number of rotatable bonds is 9. The zero-order valence-electron chi connectivity index (χ0n) is 15.2. The van der Waals surface area contributed by atoms with Crippen molar-refractivity contribution in [1.29, 1.82) is 0 Å². The van der Waals surface area contributed by atoms with E-state index in [-0.39, 0.29) is 0 Å². The maximum Gasteiger partial charge on any atom is 0.393 e. The number of carbonyl (C=O) groups is 1. The molecule has 34 heavy (non-hydrogen) atoms. The van der Waals surface area contributed by atoms with Gasteiger partial charge >= 0.3 is 53.8 Å². The van der Waals surface area contributed by atoms with Gasteiger partial charge in [0.05, 0.1) is 0 Å². The van der Waals surface area contributed by atoms with Gasteiger partial charge in [-0.05, 0) is 18.2 Å². The largest absolute Gasteiger partial charge is 0.393 e. The standard InChI is InChI=1S/C15H6ClF16NO/c16-5-2-1-3-6(4-5)33-8(34)10(21,22)12(25,26)14(29,30)15(31,32)13(27,28)11(23,24)9(19,20)7(17)18/h1-4,7H,(H,33,34). The molecule has 19 heteroatoms. The molecule has 0 bridgehead atoms. The summed E-state index contributed by atoms with van der Waals surface area (Å²) >= 11 is 5.34. The van der Waals surface area contributed by atoms with Crippen LogP contribution < -0.4 is 5.32 Å². The Hall–Kier alpha value is -2.14. The fourth-order valence-corrected chi connectivity index (χ4v) is 2.24. The average molecular weight is 556 g/mol. The predicted octanol–water partition coefficient (Wildman–Crippen LogP) is 6.99. The van der Waals surface area contributed by atoms with Crippen LogP contribution in [0.25, 0.3) is 0 Å². The SMILES string of the molecule is O=C(Nc1cccc(Cl)c1)C(F)(F)C(F)(F)C(F)(F)C(F)(F)C(F)(F)C(F)(F)C(F)(F)C(F)F. The first-order valence-corrected chi connectivity index (χ1v) is 8.21. The summed E-state index contributed by atoms with van der Waals surface area (Å²) in [4.78, 5) is 11.3. The van der Waals surface area contributed by atoms with Crippen LogP contribution in [0.2, 0.25) is 5.02 Å². The van der Waals surface area contributed by atoms with Gasteiger partial charge in [0.15, 0.2) is 0 Å². The van der Waals surface area contributed by atoms with Crippen LogP contribution in [0.1, 0.15) is 0 Å². The van der Waals surface area contributed by atoms with E-state index in [1.165, 1.54) is 0 Å². The van der Waals surface area contributed by atoms with E-state index in [0.29, 0.717) is 12.1 Å². The van der Waals surface area contributed by atoms with Gasteiger partial charge in [0.1, 0.15) is 0 Å². The third-order valence-electron chi connectivity index (χ3n) is 4.03. The number of nitrogens with one attached hydrogen (secondary N) is 1. The lowest BCUT2D eigenvalue weighted by Gasteiger charge is -2.42. The molecule has 0 aromatic heterocycles. The van der Waals surface area contributed by atoms with Crippen LogP contribution in [-0.2, 0) is 4.79 Å². The Kier molecular flexibility index (Phi) is 7.48. The lowest BCUT2D eigenvalue weighted by Crippen LogP contribution is -2.74. The topological polar surface area (TPSA) is 29.1 Å². The molecule has 0 atom stereocenters. The number of amides is 1. The molecule has 0 saturated heterocycles. The zero-order chi connectivity index (χ0) is 27.3. The van der Waals surface area contributed by atoms with Crippen molar-refractivity contribution in [1.82, 2.24) is 0 Å². The molecule has 1 aromatic carbocycles. The van der Waals surface area contributed by atoms with Crippen LogP contribution >= 0.6 is 11.6 Å². The monoisotopic (exact) mass is 555 g/mol. The molecule has 2 nitrogen and oxygen atoms in total. The smallest absolute Gasteiger partial charge is 0.321 e. The fourth-order valence-electron chi connectivity index (χ4n) is 2.05. The number of hydrogen-bond acceptors (Lipinski definition) is 1. The Labute approximate surface area is 181 Å². The number of benzene rings is 1. The van der Waals surface area contributed by atoms with Crippen LogP contribution in [0.5, 0.6) is 0 Å². The van der Waals surface area contributed by atoms with Crippen LogP contribution in [0.15, 0.2) is 24.3 Å². The van der Waals surface area contributed by atoms with Gasteiger partial charge < -0.3 is 5.32 Å². The summed E-state index contributed by atoms with van der Waals surface area (Å²) in [5.74, 6) is -59.9. The molecule has 0 heterocycles. The molecule has 1 rings (SSSR count). The molecule has 1 amide bonds. The molecular weight excluding hydrogens is 550 g/mol. The second-order valence-electron chi connectivity index (χ2n) is 6.33. The van der Waals surface area contributed by atoms with Crippen LogP contribution in [0.4, 0.5) is 75.9 Å². The van der Waals surface area contributed by atoms with Crippen LogP contribution in [0, 0.1) is 0 Å². The van der Waals surface area contributed by atoms with Crippen molar-refractivity contribution in [3.05, 3.63) is 29.3 Å². The minimum absolute atomic E-state index is 0.397. The molecule has 1 aromatic rings. The second-order valence-corrected chi connectivity index (χ2v) is 6.77. The molecule has 0 aliphatic heterocycles. The van der Waals surface area contributed by atoms with Gasteiger partial charge in [-0.2, -0.15) is 61.5 Å². The molecule has 0 fully saturated rings. The first kappa shape index (κ1) is 29.9. The minimum atomic E-state index is -8.56. The van der Waals surface area contributed by atoms with E-state index in [0.717, 1.165) is 17.4 Å². The van der Waals surface area contributed by atoms with Crippen LogP contribution in [0.3, 0.4) is 0 Å². The maximum atomic E-state index is 13.7. The van der Waals surface area contributed by atoms with E-state index in [1.54, 1.807) is 0 Å². The van der Waals surface area contributed by atoms with Gasteiger partial charge in [0, 0.05) is 10.7 Å². The number of anilines is 1. The lowest BCUT2D eigenvalue weighted by molar-refractivity contribution is -0.443. The number of halogens is 17. The molecule has 0 spiro atoms. The molecule has 0 saturated carbocycles. The van der Waals surface area contributed by atoms with Crippen LogP contribution in [-0.4, -0.2) is 53.8 Å². The zero-order valence-corrected chi connectivity index (χ0v) is 16.0. The Bertz CT molecular complexity index is 915. The third-order valence-corrected chi connectivity index (χ3v) is 4.27. The van der Waals surface area contributed by atoms with E-state index in [9.17, 15) is 75.0 Å². The highest BCUT2D eigenvalue weighted by molar-refractivity contribution is 6.30. The highest BCUT2D eigenvalue weighted by atomic mass is 35.5. The van der Waals surface area contributed by atoms with Gasteiger partial charge in [-0.3, -0.25) is 4.79 Å². The normalized spacial score (nSPS) is 15.0. The molecule has 0 unspecified atom stereocenters. The fraction of sp³-hybridized carbons (Fsp3) is 0.533. The van der Waals surface area contributed by atoms with Crippen molar-refractivity contribution in [2.45, 2.75) is 47.9 Å². The van der Waals surface area contributed by atoms with Crippen molar-refractivity contribution in [2.75, 3.05) is 5.32 Å². The van der Waals surface area contributed by atoms with Crippen molar-refractivity contribution < 1.29 is 75.0 Å². The van der Waals surface area contributed by atoms with Gasteiger partial charge in [-0.15, -0.1) is 0 Å². The van der Waals surface area contributed by atoms with Crippen molar-refractivity contribution in [3.63, 3.8) is 0 Å². The van der Waals surface area contributed by atoms with E-state index >= 15 is 0 Å². The highest BCUT2D eigenvalue weighted by Crippen LogP contribution is 2.62. The molecular formula is C15H6ClF16NO. The van der Waals surface area contributed by atoms with E-state index < -0.39 is 64.5 Å². The van der Waals surface area contributed by atoms with Gasteiger partial charge in [0.2, 0.25) is 0 Å². The summed E-state index contributed by atoms with van der Waals surface area (Å²) in [5, 5.41) is 0.378. The molecule has 0 radical (unpaired) electrons. The Morgan fingerprint density at radius 1 is 0.706 bits per heavy atom. The lowest BCUT2D eigenvalue weighted by atomic mass is 9.89. The number of hydrogen-bond donors (Lipinski definition) is 1. The molecule has 1 N–H and O–H groups in total. The first-order valence-electron chi connectivity index (χ1n) is 7.84. The molecule has 0 aliphatic rings. The molecule has 196 valence electrons. The van der Waals surface area contributed by atoms with Crippen molar-refractivity contribution >= 4 is 23.2 Å². The number of alkyl halides is 16. The summed E-state index contributed by atoms with van der Waals surface area (Å²) < 4.78 is 211. The predicted molar refractivity (Wildman–Crippen MR) is 80.7 cm³/mol. The van der Waals surface area contributed by atoms with Crippen molar-refractivity contribution in [3.8, 4) is 0 Å². The average Bonchev–Trinajstić information content (AvgIpc) is 2.66. The van der Waals surface area contributed by atoms with Crippen molar-refractivity contribution in [2.24, 2.45) is 0 Å². The van der Waals surface area contributed by atoms with E-state index in [4.69, 9.17) is 11.6 Å². The van der Waals surface area contributed by atoms with E-state index in [2.05, 4.69) is 0 Å². The summed E-state index contributed by atoms with van der Waals surface area (Å²) in [6.07, 6.45) is -5.93. The molecule has 0 aliphatic carbocycles. The third kappa shape index (κ3) is 4.10. The van der Waals surface area contributed by atoms with E-state index in [1.807, 2.05) is 0 Å². The maximum absolute atomic E-state index is 13.7. The Morgan fingerprint density at radius 3 is 1.53 bits per heavy atom. The second kappa shape index (κ2) is 8.51. The quantitative estimate of drug-likeness (QED) is 0.327. The summed E-state index contributed by atoms with van der Waals surface area (Å²) in [5.41, 5.74) is -0.962. The van der Waals surface area contributed by atoms with Gasteiger partial charge in [0.25, 0.3) is 0 Å². The summed E-state index contributed by atoms with van der Waals surface area (Å²) in [6.45, 7) is 0. The summed E-state index contributed by atoms with van der Waals surface area (Å²) in [6, 6.07) is 2.96. The first-order chi connectivity index (χ1) is 14.8. The highest BCUT2D eigenvalue weighted by Gasteiger charge is 2.94. The Morgan fingerprint density at radius 2 is 1.12 bits per heavy atom. The minimum Gasteiger partial charge on any atom is -0.321 e. The van der Waals surface area contributed by atoms with Gasteiger partial charge in [-0.1, -0.05) is 17.7 Å². The number of carbonyl (C=O) groups excluding carboxylic acids is 1. The summed E-state index contributed by atoms with van der Waals surface area (Å²) in [7, 11) is 0. The van der Waals surface area contributed by atoms with Gasteiger partial charge in [-0.25, -0.2) is 8.78 Å².